The summed E-state index contributed by atoms with van der Waals surface area (Å²) in [6.45, 7) is -2.26. The third-order valence-corrected chi connectivity index (χ3v) is 4.14. The fourth-order valence-electron chi connectivity index (χ4n) is 2.51. The Balaban J connectivity index is 0.00000450. The topological polar surface area (TPSA) is 74.8 Å². The van der Waals surface area contributed by atoms with Crippen LogP contribution in [0.1, 0.15) is 11.1 Å². The van der Waals surface area contributed by atoms with Crippen LogP contribution < -0.4 is 20.7 Å². The summed E-state index contributed by atoms with van der Waals surface area (Å²) in [4.78, 5) is 16.0. The van der Waals surface area contributed by atoms with E-state index in [1.807, 2.05) is 30.3 Å². The largest absolute Gasteiger partial charge is 0.434 e. The number of amides is 1. The summed E-state index contributed by atoms with van der Waals surface area (Å²) < 4.78 is 29.5. The van der Waals surface area contributed by atoms with E-state index in [1.165, 1.54) is 25.2 Å². The van der Waals surface area contributed by atoms with Gasteiger partial charge in [-0.1, -0.05) is 41.9 Å². The number of guanidine groups is 1. The monoisotopic (exact) mass is 552 g/mol. The molecule has 6 nitrogen and oxygen atoms in total. The first-order valence-electron chi connectivity index (χ1n) is 8.96. The van der Waals surface area contributed by atoms with Crippen molar-refractivity contribution >= 4 is 47.4 Å². The van der Waals surface area contributed by atoms with E-state index in [1.54, 1.807) is 0 Å². The van der Waals surface area contributed by atoms with E-state index in [4.69, 9.17) is 11.6 Å². The Morgan fingerprint density at radius 1 is 1.13 bits per heavy atom. The Morgan fingerprint density at radius 3 is 2.53 bits per heavy atom. The number of nitrogens with zero attached hydrogens (tertiary/aromatic N) is 1. The first-order chi connectivity index (χ1) is 14.0. The molecular formula is C20H24ClF2IN4O2. The number of aliphatic imine (C=N–C) groups is 1. The van der Waals surface area contributed by atoms with Crippen molar-refractivity contribution in [1.82, 2.24) is 16.0 Å². The van der Waals surface area contributed by atoms with E-state index >= 15 is 0 Å². The van der Waals surface area contributed by atoms with Crippen molar-refractivity contribution in [2.24, 2.45) is 4.99 Å². The minimum Gasteiger partial charge on any atom is -0.434 e. The Kier molecular flexibility index (Phi) is 12.1. The summed E-state index contributed by atoms with van der Waals surface area (Å²) in [5, 5.41) is 9.02. The zero-order chi connectivity index (χ0) is 21.1. The van der Waals surface area contributed by atoms with E-state index in [0.717, 1.165) is 12.0 Å². The smallest absolute Gasteiger partial charge is 0.387 e. The van der Waals surface area contributed by atoms with Crippen LogP contribution in [0.15, 0.2) is 53.5 Å². The number of halogens is 4. The fraction of sp³-hybridized carbons (Fsp3) is 0.300. The van der Waals surface area contributed by atoms with Gasteiger partial charge in [-0.2, -0.15) is 8.78 Å². The van der Waals surface area contributed by atoms with Gasteiger partial charge in [0.05, 0.1) is 6.54 Å². The Morgan fingerprint density at radius 2 is 1.87 bits per heavy atom. The summed E-state index contributed by atoms with van der Waals surface area (Å²) >= 11 is 5.93. The lowest BCUT2D eigenvalue weighted by Crippen LogP contribution is -2.43. The molecule has 3 N–H and O–H groups in total. The van der Waals surface area contributed by atoms with E-state index < -0.39 is 6.61 Å². The number of rotatable bonds is 9. The Labute approximate surface area is 196 Å². The van der Waals surface area contributed by atoms with Crippen LogP contribution in [0.2, 0.25) is 5.02 Å². The van der Waals surface area contributed by atoms with Crippen molar-refractivity contribution in [3.63, 3.8) is 0 Å². The molecule has 164 valence electrons. The number of hydrogen-bond acceptors (Lipinski definition) is 3. The predicted octanol–water partition coefficient (Wildman–Crippen LogP) is 3.58. The van der Waals surface area contributed by atoms with Crippen molar-refractivity contribution < 1.29 is 18.3 Å². The number of alkyl halides is 2. The van der Waals surface area contributed by atoms with Crippen molar-refractivity contribution in [2.45, 2.75) is 19.6 Å². The molecule has 0 aliphatic carbocycles. The lowest BCUT2D eigenvalue weighted by molar-refractivity contribution is -0.119. The highest BCUT2D eigenvalue weighted by Crippen LogP contribution is 2.24. The molecule has 30 heavy (non-hydrogen) atoms. The van der Waals surface area contributed by atoms with Crippen molar-refractivity contribution in [3.8, 4) is 5.75 Å². The fourth-order valence-corrected chi connectivity index (χ4v) is 2.71. The highest BCUT2D eigenvalue weighted by Gasteiger charge is 2.11. The van der Waals surface area contributed by atoms with Crippen LogP contribution in [0, 0.1) is 0 Å². The summed E-state index contributed by atoms with van der Waals surface area (Å²) in [5.41, 5.74) is 1.58. The van der Waals surface area contributed by atoms with Gasteiger partial charge in [0.15, 0.2) is 5.96 Å². The predicted molar refractivity (Wildman–Crippen MR) is 125 cm³/mol. The van der Waals surface area contributed by atoms with Gasteiger partial charge < -0.3 is 20.7 Å². The second-order valence-corrected chi connectivity index (χ2v) is 6.43. The molecule has 0 aliphatic heterocycles. The van der Waals surface area contributed by atoms with E-state index in [-0.39, 0.29) is 48.7 Å². The van der Waals surface area contributed by atoms with Crippen molar-refractivity contribution in [1.29, 1.82) is 0 Å². The molecule has 0 unspecified atom stereocenters. The molecule has 1 amide bonds. The van der Waals surface area contributed by atoms with Crippen molar-refractivity contribution in [2.75, 3.05) is 20.1 Å². The van der Waals surface area contributed by atoms with Crippen LogP contribution in [0.25, 0.3) is 0 Å². The van der Waals surface area contributed by atoms with Crippen LogP contribution in [-0.2, 0) is 17.8 Å². The molecule has 0 fully saturated rings. The van der Waals surface area contributed by atoms with Gasteiger partial charge in [-0.05, 0) is 30.2 Å². The number of ether oxygens (including phenoxy) is 1. The third-order valence-electron chi connectivity index (χ3n) is 3.90. The molecule has 0 heterocycles. The van der Waals surface area contributed by atoms with Gasteiger partial charge in [-0.25, -0.2) is 0 Å². The van der Waals surface area contributed by atoms with Gasteiger partial charge in [0, 0.05) is 30.7 Å². The Bertz CT molecular complexity index is 826. The van der Waals surface area contributed by atoms with E-state index in [2.05, 4.69) is 25.7 Å². The summed E-state index contributed by atoms with van der Waals surface area (Å²) in [6.07, 6.45) is 0.737. The molecule has 0 aliphatic rings. The maximum Gasteiger partial charge on any atom is 0.387 e. The van der Waals surface area contributed by atoms with Gasteiger partial charge >= 0.3 is 6.61 Å². The minimum atomic E-state index is -2.94. The first-order valence-corrected chi connectivity index (χ1v) is 9.34. The van der Waals surface area contributed by atoms with Crippen LogP contribution in [0.3, 0.4) is 0 Å². The number of carbonyl (C=O) groups is 1. The first kappa shape index (κ1) is 25.9. The highest BCUT2D eigenvalue weighted by atomic mass is 127. The van der Waals surface area contributed by atoms with Gasteiger partial charge in [-0.3, -0.25) is 9.79 Å². The standard InChI is InChI=1S/C20H23ClF2N4O2.HI/c1-24-20(26-12-15-11-16(21)7-8-17(15)29-19(22)23)27-13-18(28)25-10-9-14-5-3-2-4-6-14;/h2-8,11,19H,9-10,12-13H2,1H3,(H,25,28)(H2,24,26,27);1H. The molecular weight excluding hydrogens is 529 g/mol. The molecule has 2 aromatic carbocycles. The maximum atomic E-state index is 12.5. The summed E-state index contributed by atoms with van der Waals surface area (Å²) in [5.74, 6) is 0.172. The zero-order valence-electron chi connectivity index (χ0n) is 16.3. The molecule has 2 aromatic rings. The SMILES string of the molecule is CN=C(NCC(=O)NCCc1ccccc1)NCc1cc(Cl)ccc1OC(F)F.I. The Hall–Kier alpha value is -2.14. The molecule has 0 saturated carbocycles. The number of carbonyl (C=O) groups excluding carboxylic acids is 1. The average molecular weight is 553 g/mol. The second-order valence-electron chi connectivity index (χ2n) is 6.00. The normalized spacial score (nSPS) is 10.9. The average Bonchev–Trinajstić information content (AvgIpc) is 2.70. The third kappa shape index (κ3) is 9.57. The van der Waals surface area contributed by atoms with Crippen LogP contribution in [-0.4, -0.2) is 38.6 Å². The highest BCUT2D eigenvalue weighted by molar-refractivity contribution is 14.0. The lowest BCUT2D eigenvalue weighted by atomic mass is 10.1. The zero-order valence-corrected chi connectivity index (χ0v) is 19.4. The van der Waals surface area contributed by atoms with E-state index in [0.29, 0.717) is 23.1 Å². The van der Waals surface area contributed by atoms with Gasteiger partial charge in [0.1, 0.15) is 5.75 Å². The molecule has 10 heteroatoms. The van der Waals surface area contributed by atoms with Crippen LogP contribution in [0.5, 0.6) is 5.75 Å². The molecule has 0 bridgehead atoms. The van der Waals surface area contributed by atoms with E-state index in [9.17, 15) is 13.6 Å². The molecule has 2 rings (SSSR count). The lowest BCUT2D eigenvalue weighted by Gasteiger charge is -2.15. The number of hydrogen-bond donors (Lipinski definition) is 3. The quantitative estimate of drug-likeness (QED) is 0.253. The number of benzene rings is 2. The van der Waals surface area contributed by atoms with Gasteiger partial charge in [-0.15, -0.1) is 24.0 Å². The van der Waals surface area contributed by atoms with Crippen molar-refractivity contribution in [3.05, 3.63) is 64.7 Å². The summed E-state index contributed by atoms with van der Waals surface area (Å²) in [7, 11) is 1.54. The second kappa shape index (κ2) is 14.0. The molecule has 0 saturated heterocycles. The maximum absolute atomic E-state index is 12.5. The van der Waals surface area contributed by atoms with Crippen LogP contribution in [0.4, 0.5) is 8.78 Å². The molecule has 0 aromatic heterocycles. The van der Waals surface area contributed by atoms with Gasteiger partial charge in [0.2, 0.25) is 5.91 Å². The minimum absolute atomic E-state index is 0. The molecule has 0 atom stereocenters. The summed E-state index contributed by atoms with van der Waals surface area (Å²) in [6, 6.07) is 14.2. The van der Waals surface area contributed by atoms with Gasteiger partial charge in [0.25, 0.3) is 0 Å². The molecule has 0 spiro atoms. The number of nitrogens with one attached hydrogen (secondary N) is 3. The van der Waals surface area contributed by atoms with Crippen LogP contribution >= 0.6 is 35.6 Å². The molecule has 0 radical (unpaired) electrons.